The molecule has 3 aromatic rings. The third kappa shape index (κ3) is 1.54. The molecule has 2 nitrogen and oxygen atoms in total. The molecular formula is C12H7BrN2S. The van der Waals surface area contributed by atoms with Crippen LogP contribution in [0.4, 0.5) is 0 Å². The van der Waals surface area contributed by atoms with Gasteiger partial charge in [0.15, 0.2) is 0 Å². The summed E-state index contributed by atoms with van der Waals surface area (Å²) >= 11 is 5.24. The first-order chi connectivity index (χ1) is 7.86. The van der Waals surface area contributed by atoms with E-state index >= 15 is 0 Å². The molecule has 0 bridgehead atoms. The molecule has 0 amide bonds. The highest BCUT2D eigenvalue weighted by Gasteiger charge is 2.12. The average Bonchev–Trinajstić information content (AvgIpc) is 2.66. The van der Waals surface area contributed by atoms with Crippen molar-refractivity contribution < 1.29 is 0 Å². The molecule has 16 heavy (non-hydrogen) atoms. The Kier molecular flexibility index (Phi) is 2.46. The molecular weight excluding hydrogens is 284 g/mol. The van der Waals surface area contributed by atoms with E-state index in [4.69, 9.17) is 0 Å². The summed E-state index contributed by atoms with van der Waals surface area (Å²) in [5, 5.41) is 1.10. The molecule has 0 saturated carbocycles. The smallest absolute Gasteiger partial charge is 0.128 e. The van der Waals surface area contributed by atoms with Gasteiger partial charge in [0.2, 0.25) is 0 Å². The summed E-state index contributed by atoms with van der Waals surface area (Å²) in [6, 6.07) is 10.3. The van der Waals surface area contributed by atoms with Crippen LogP contribution in [-0.2, 0) is 0 Å². The Labute approximate surface area is 105 Å². The van der Waals surface area contributed by atoms with Crippen molar-refractivity contribution in [1.82, 2.24) is 9.97 Å². The summed E-state index contributed by atoms with van der Waals surface area (Å²) in [6.45, 7) is 0. The molecule has 1 aromatic carbocycles. The minimum atomic E-state index is 1.01. The Balaban J connectivity index is 2.35. The zero-order valence-corrected chi connectivity index (χ0v) is 10.6. The first kappa shape index (κ1) is 9.93. The number of hydrogen-bond acceptors (Lipinski definition) is 3. The van der Waals surface area contributed by atoms with Crippen molar-refractivity contribution in [2.45, 2.75) is 0 Å². The number of benzene rings is 1. The lowest BCUT2D eigenvalue weighted by Gasteiger charge is -1.99. The molecule has 78 valence electrons. The lowest BCUT2D eigenvalue weighted by molar-refractivity contribution is 1.23. The van der Waals surface area contributed by atoms with E-state index in [-0.39, 0.29) is 0 Å². The summed E-state index contributed by atoms with van der Waals surface area (Å²) < 4.78 is 1.11. The Morgan fingerprint density at radius 1 is 1.12 bits per heavy atom. The molecule has 4 heteroatoms. The van der Waals surface area contributed by atoms with Crippen molar-refractivity contribution in [3.05, 3.63) is 46.6 Å². The second-order valence-electron chi connectivity index (χ2n) is 3.36. The zero-order chi connectivity index (χ0) is 11.0. The number of hydrogen-bond donors (Lipinski definition) is 0. The number of aromatic nitrogens is 2. The fourth-order valence-electron chi connectivity index (χ4n) is 1.69. The predicted molar refractivity (Wildman–Crippen MR) is 70.6 cm³/mol. The van der Waals surface area contributed by atoms with Crippen LogP contribution >= 0.6 is 27.3 Å². The van der Waals surface area contributed by atoms with Crippen LogP contribution in [0.2, 0.25) is 0 Å². The van der Waals surface area contributed by atoms with E-state index in [1.54, 1.807) is 17.7 Å². The minimum Gasteiger partial charge on any atom is -0.244 e. The lowest BCUT2D eigenvalue weighted by Crippen LogP contribution is -1.78. The van der Waals surface area contributed by atoms with Crippen LogP contribution in [-0.4, -0.2) is 9.97 Å². The van der Waals surface area contributed by atoms with Gasteiger partial charge >= 0.3 is 0 Å². The number of thiophene rings is 1. The van der Waals surface area contributed by atoms with Crippen LogP contribution in [0.5, 0.6) is 0 Å². The fourth-order valence-corrected chi connectivity index (χ4v) is 3.45. The average molecular weight is 291 g/mol. The number of fused-ring (bicyclic) bond motifs is 1. The zero-order valence-electron chi connectivity index (χ0n) is 8.22. The molecule has 0 aliphatic heterocycles. The van der Waals surface area contributed by atoms with E-state index in [2.05, 4.69) is 38.0 Å². The minimum absolute atomic E-state index is 1.01. The van der Waals surface area contributed by atoms with Gasteiger partial charge in [0.1, 0.15) is 11.2 Å². The van der Waals surface area contributed by atoms with Crippen molar-refractivity contribution in [3.63, 3.8) is 0 Å². The first-order valence-corrected chi connectivity index (χ1v) is 6.40. The van der Waals surface area contributed by atoms with E-state index in [1.165, 1.54) is 11.1 Å². The van der Waals surface area contributed by atoms with Crippen LogP contribution in [0.15, 0.2) is 46.6 Å². The summed E-state index contributed by atoms with van der Waals surface area (Å²) in [6.07, 6.45) is 3.45. The van der Waals surface area contributed by atoms with Gasteiger partial charge in [-0.2, -0.15) is 0 Å². The van der Waals surface area contributed by atoms with Gasteiger partial charge in [-0.05, 0) is 21.5 Å². The van der Waals surface area contributed by atoms with Crippen molar-refractivity contribution in [3.8, 4) is 11.1 Å². The fraction of sp³-hybridized carbons (Fsp3) is 0. The maximum atomic E-state index is 4.27. The molecule has 0 aliphatic carbocycles. The quantitative estimate of drug-likeness (QED) is 0.674. The Morgan fingerprint density at radius 3 is 2.75 bits per heavy atom. The first-order valence-electron chi connectivity index (χ1n) is 4.79. The van der Waals surface area contributed by atoms with Crippen LogP contribution in [0, 0.1) is 0 Å². The maximum absolute atomic E-state index is 4.27. The van der Waals surface area contributed by atoms with Gasteiger partial charge in [-0.1, -0.05) is 30.3 Å². The third-order valence-corrected chi connectivity index (χ3v) is 4.17. The molecule has 2 aromatic heterocycles. The van der Waals surface area contributed by atoms with Gasteiger partial charge in [0, 0.05) is 17.1 Å². The maximum Gasteiger partial charge on any atom is 0.128 e. The normalized spacial score (nSPS) is 10.8. The van der Waals surface area contributed by atoms with Crippen molar-refractivity contribution >= 4 is 37.5 Å². The molecule has 0 unspecified atom stereocenters. The number of halogens is 1. The highest BCUT2D eigenvalue weighted by atomic mass is 79.9. The van der Waals surface area contributed by atoms with Crippen LogP contribution in [0.1, 0.15) is 0 Å². The Morgan fingerprint density at radius 2 is 1.94 bits per heavy atom. The molecule has 0 N–H and O–H groups in total. The van der Waals surface area contributed by atoms with Crippen LogP contribution in [0.25, 0.3) is 21.3 Å². The van der Waals surface area contributed by atoms with Crippen LogP contribution in [0.3, 0.4) is 0 Å². The van der Waals surface area contributed by atoms with Crippen molar-refractivity contribution in [1.29, 1.82) is 0 Å². The summed E-state index contributed by atoms with van der Waals surface area (Å²) in [4.78, 5) is 9.37. The van der Waals surface area contributed by atoms with E-state index in [0.717, 1.165) is 14.0 Å². The third-order valence-electron chi connectivity index (χ3n) is 2.39. The van der Waals surface area contributed by atoms with Crippen LogP contribution < -0.4 is 0 Å². The summed E-state index contributed by atoms with van der Waals surface area (Å²) in [5.74, 6) is 0. The molecule has 3 rings (SSSR count). The Bertz CT molecular complexity index is 634. The summed E-state index contributed by atoms with van der Waals surface area (Å²) in [5.41, 5.74) is 2.37. The van der Waals surface area contributed by atoms with Gasteiger partial charge < -0.3 is 0 Å². The second kappa shape index (κ2) is 3.96. The highest BCUT2D eigenvalue weighted by Crippen LogP contribution is 2.40. The molecule has 0 saturated heterocycles. The van der Waals surface area contributed by atoms with Gasteiger partial charge in [0.05, 0.1) is 3.79 Å². The monoisotopic (exact) mass is 290 g/mol. The van der Waals surface area contributed by atoms with E-state index in [0.29, 0.717) is 0 Å². The molecule has 0 spiro atoms. The standard InChI is InChI=1S/C12H7BrN2S/c13-11-10(8-4-2-1-3-5-8)9-6-14-7-15-12(9)16-11/h1-7H. The van der Waals surface area contributed by atoms with Crippen molar-refractivity contribution in [2.75, 3.05) is 0 Å². The lowest BCUT2D eigenvalue weighted by atomic mass is 10.1. The van der Waals surface area contributed by atoms with Gasteiger partial charge in [-0.25, -0.2) is 9.97 Å². The topological polar surface area (TPSA) is 25.8 Å². The second-order valence-corrected chi connectivity index (χ2v) is 5.68. The van der Waals surface area contributed by atoms with Gasteiger partial charge in [-0.15, -0.1) is 11.3 Å². The van der Waals surface area contributed by atoms with Crippen molar-refractivity contribution in [2.24, 2.45) is 0 Å². The number of rotatable bonds is 1. The predicted octanol–water partition coefficient (Wildman–Crippen LogP) is 4.12. The van der Waals surface area contributed by atoms with Gasteiger partial charge in [-0.3, -0.25) is 0 Å². The molecule has 0 fully saturated rings. The largest absolute Gasteiger partial charge is 0.244 e. The molecule has 0 atom stereocenters. The van der Waals surface area contributed by atoms with E-state index in [9.17, 15) is 0 Å². The molecule has 2 heterocycles. The van der Waals surface area contributed by atoms with E-state index < -0.39 is 0 Å². The number of nitrogens with zero attached hydrogens (tertiary/aromatic N) is 2. The molecule has 0 radical (unpaired) electrons. The SMILES string of the molecule is Brc1sc2ncncc2c1-c1ccccc1. The summed E-state index contributed by atoms with van der Waals surface area (Å²) in [7, 11) is 0. The molecule has 0 aliphatic rings. The Hall–Kier alpha value is -1.26. The van der Waals surface area contributed by atoms with E-state index in [1.807, 2.05) is 24.4 Å². The highest BCUT2D eigenvalue weighted by molar-refractivity contribution is 9.11. The van der Waals surface area contributed by atoms with Gasteiger partial charge in [0.25, 0.3) is 0 Å².